The molecule has 6 nitrogen and oxygen atoms in total. The number of hydrogen-bond acceptors (Lipinski definition) is 6. The second kappa shape index (κ2) is 12.4. The van der Waals surface area contributed by atoms with E-state index in [4.69, 9.17) is 25.5 Å². The molecule has 0 aromatic rings. The third-order valence-corrected chi connectivity index (χ3v) is 1.35. The lowest BCUT2D eigenvalue weighted by Gasteiger charge is -2.05. The van der Waals surface area contributed by atoms with Crippen molar-refractivity contribution < 1.29 is 14.2 Å². The molecule has 0 aliphatic rings. The van der Waals surface area contributed by atoms with Crippen molar-refractivity contribution in [2.75, 3.05) is 52.7 Å². The third-order valence-electron chi connectivity index (χ3n) is 1.35. The van der Waals surface area contributed by atoms with Gasteiger partial charge in [-0.2, -0.15) is 5.11 Å². The largest absolute Gasteiger partial charge is 0.378 e. The monoisotopic (exact) mass is 205 g/mol. The molecule has 0 aromatic carbocycles. The van der Waals surface area contributed by atoms with Crippen molar-refractivity contribution in [3.63, 3.8) is 0 Å². The van der Waals surface area contributed by atoms with Crippen molar-refractivity contribution in [1.82, 2.24) is 0 Å². The van der Waals surface area contributed by atoms with Gasteiger partial charge in [0.2, 0.25) is 0 Å². The number of ether oxygens (including phenoxy) is 3. The van der Waals surface area contributed by atoms with Crippen LogP contribution in [-0.2, 0) is 14.2 Å². The zero-order chi connectivity index (χ0) is 10.5. The van der Waals surface area contributed by atoms with Crippen LogP contribution in [0.3, 0.4) is 0 Å². The normalized spacial score (nSPS) is 10.4. The van der Waals surface area contributed by atoms with Crippen LogP contribution in [0.25, 0.3) is 0 Å². The van der Waals surface area contributed by atoms with Crippen LogP contribution in [0.5, 0.6) is 0 Å². The highest BCUT2D eigenvalue weighted by Crippen LogP contribution is 1.81. The summed E-state index contributed by atoms with van der Waals surface area (Å²) >= 11 is 0. The summed E-state index contributed by atoms with van der Waals surface area (Å²) in [6.07, 6.45) is 0. The van der Waals surface area contributed by atoms with Gasteiger partial charge in [-0.15, -0.1) is 0 Å². The maximum atomic E-state index is 6.50. The Hall–Kier alpha value is -0.560. The molecule has 0 aliphatic carbocycles. The van der Waals surface area contributed by atoms with E-state index in [1.165, 1.54) is 0 Å². The minimum absolute atomic E-state index is 0.416. The average molecular weight is 205 g/mol. The van der Waals surface area contributed by atoms with Crippen LogP contribution < -0.4 is 5.73 Å². The predicted octanol–water partition coefficient (Wildman–Crippen LogP) is 0.0259. The number of nitrogens with zero attached hydrogens (tertiary/aromatic N) is 1. The first-order valence-corrected chi connectivity index (χ1v) is 4.68. The third kappa shape index (κ3) is 11.4. The van der Waals surface area contributed by atoms with E-state index in [9.17, 15) is 0 Å². The molecule has 0 aliphatic heterocycles. The van der Waals surface area contributed by atoms with Crippen molar-refractivity contribution in [3.8, 4) is 0 Å². The standard InChI is InChI=1S/C8H19N3O3/c9-1-3-12-5-7-14-8-6-13-4-2-11-10/h10H,1-9H2. The van der Waals surface area contributed by atoms with Crippen LogP contribution in [0, 0.1) is 5.53 Å². The molecule has 0 fully saturated rings. The van der Waals surface area contributed by atoms with E-state index in [0.717, 1.165) is 0 Å². The Balaban J connectivity index is 2.81. The molecule has 0 saturated carbocycles. The molecular formula is C8H19N3O3. The molecule has 0 bridgehead atoms. The number of nitrogens with one attached hydrogen (secondary N) is 1. The Bertz CT molecular complexity index is 124. The lowest BCUT2D eigenvalue weighted by molar-refractivity contribution is 0.0173. The van der Waals surface area contributed by atoms with E-state index in [1.807, 2.05) is 0 Å². The van der Waals surface area contributed by atoms with Gasteiger partial charge in [0.1, 0.15) is 0 Å². The maximum absolute atomic E-state index is 6.50. The molecule has 0 aromatic heterocycles. The van der Waals surface area contributed by atoms with Crippen LogP contribution in [0.2, 0.25) is 0 Å². The summed E-state index contributed by atoms with van der Waals surface area (Å²) in [5.74, 6) is 0. The second-order valence-corrected chi connectivity index (χ2v) is 2.51. The Morgan fingerprint density at radius 1 is 0.857 bits per heavy atom. The van der Waals surface area contributed by atoms with Crippen LogP contribution >= 0.6 is 0 Å². The Kier molecular flexibility index (Phi) is 11.9. The van der Waals surface area contributed by atoms with E-state index < -0.39 is 0 Å². The summed E-state index contributed by atoms with van der Waals surface area (Å²) in [6, 6.07) is 0. The fourth-order valence-electron chi connectivity index (χ4n) is 0.735. The van der Waals surface area contributed by atoms with Gasteiger partial charge in [-0.1, -0.05) is 0 Å². The molecule has 0 unspecified atom stereocenters. The highest BCUT2D eigenvalue weighted by molar-refractivity contribution is 4.36. The van der Waals surface area contributed by atoms with E-state index in [2.05, 4.69) is 5.11 Å². The summed E-state index contributed by atoms with van der Waals surface area (Å²) in [7, 11) is 0. The molecule has 0 amide bonds. The fourth-order valence-corrected chi connectivity index (χ4v) is 0.735. The molecule has 0 spiro atoms. The number of hydrogen-bond donors (Lipinski definition) is 2. The first-order valence-electron chi connectivity index (χ1n) is 4.68. The fraction of sp³-hybridized carbons (Fsp3) is 1.00. The smallest absolute Gasteiger partial charge is 0.0830 e. The topological polar surface area (TPSA) is 89.9 Å². The van der Waals surface area contributed by atoms with Crippen molar-refractivity contribution in [1.29, 1.82) is 5.53 Å². The summed E-state index contributed by atoms with van der Waals surface area (Å²) in [5.41, 5.74) is 11.7. The van der Waals surface area contributed by atoms with Gasteiger partial charge in [0.15, 0.2) is 0 Å². The molecular weight excluding hydrogens is 186 g/mol. The van der Waals surface area contributed by atoms with Crippen molar-refractivity contribution >= 4 is 0 Å². The second-order valence-electron chi connectivity index (χ2n) is 2.51. The highest BCUT2D eigenvalue weighted by Gasteiger charge is 1.90. The molecule has 14 heavy (non-hydrogen) atoms. The minimum atomic E-state index is 0.416. The molecule has 6 heteroatoms. The molecule has 0 radical (unpaired) electrons. The predicted molar refractivity (Wildman–Crippen MR) is 51.5 cm³/mol. The van der Waals surface area contributed by atoms with E-state index >= 15 is 0 Å². The van der Waals surface area contributed by atoms with Crippen molar-refractivity contribution in [3.05, 3.63) is 0 Å². The first-order chi connectivity index (χ1) is 6.91. The number of nitrogens with two attached hydrogens (primary N) is 1. The van der Waals surface area contributed by atoms with Gasteiger partial charge in [-0.3, -0.25) is 0 Å². The van der Waals surface area contributed by atoms with Gasteiger partial charge < -0.3 is 19.9 Å². The quantitative estimate of drug-likeness (QED) is 0.367. The lowest BCUT2D eigenvalue weighted by atomic mass is 10.7. The number of rotatable bonds is 11. The molecule has 0 heterocycles. The Morgan fingerprint density at radius 2 is 1.36 bits per heavy atom. The summed E-state index contributed by atoms with van der Waals surface area (Å²) in [6.45, 7) is 4.22. The Labute approximate surface area is 84.2 Å². The van der Waals surface area contributed by atoms with Crippen LogP contribution in [0.15, 0.2) is 5.11 Å². The summed E-state index contributed by atoms with van der Waals surface area (Å²) in [5, 5.41) is 3.16. The van der Waals surface area contributed by atoms with Gasteiger partial charge in [0, 0.05) is 6.54 Å². The minimum Gasteiger partial charge on any atom is -0.378 e. The molecule has 0 saturated heterocycles. The van der Waals surface area contributed by atoms with E-state index in [-0.39, 0.29) is 0 Å². The van der Waals surface area contributed by atoms with Crippen LogP contribution in [-0.4, -0.2) is 52.7 Å². The summed E-state index contributed by atoms with van der Waals surface area (Å²) in [4.78, 5) is 0. The van der Waals surface area contributed by atoms with Crippen LogP contribution in [0.4, 0.5) is 0 Å². The molecule has 0 atom stereocenters. The average Bonchev–Trinajstić information content (AvgIpc) is 2.21. The van der Waals surface area contributed by atoms with Gasteiger partial charge in [0.05, 0.1) is 46.2 Å². The maximum Gasteiger partial charge on any atom is 0.0830 e. The Morgan fingerprint density at radius 3 is 1.86 bits per heavy atom. The van der Waals surface area contributed by atoms with Crippen molar-refractivity contribution in [2.45, 2.75) is 0 Å². The van der Waals surface area contributed by atoms with Crippen molar-refractivity contribution in [2.24, 2.45) is 10.8 Å². The van der Waals surface area contributed by atoms with Gasteiger partial charge in [0.25, 0.3) is 0 Å². The van der Waals surface area contributed by atoms with Gasteiger partial charge in [-0.05, 0) is 0 Å². The zero-order valence-electron chi connectivity index (χ0n) is 8.41. The molecule has 84 valence electrons. The van der Waals surface area contributed by atoms with Gasteiger partial charge in [-0.25, -0.2) is 5.53 Å². The first kappa shape index (κ1) is 13.4. The van der Waals surface area contributed by atoms with Crippen LogP contribution in [0.1, 0.15) is 0 Å². The molecule has 0 rings (SSSR count). The summed E-state index contributed by atoms with van der Waals surface area (Å²) < 4.78 is 15.4. The lowest BCUT2D eigenvalue weighted by Crippen LogP contribution is -2.13. The van der Waals surface area contributed by atoms with Gasteiger partial charge >= 0.3 is 0 Å². The molecule has 3 N–H and O–H groups in total. The van der Waals surface area contributed by atoms with E-state index in [1.54, 1.807) is 0 Å². The highest BCUT2D eigenvalue weighted by atomic mass is 16.5. The zero-order valence-corrected chi connectivity index (χ0v) is 8.41. The SMILES string of the molecule is N=NCCOCCOCCOCCN. The van der Waals surface area contributed by atoms with E-state index in [0.29, 0.717) is 52.7 Å².